The summed E-state index contributed by atoms with van der Waals surface area (Å²) in [7, 11) is 0. The molecule has 2 heterocycles. The second-order valence-electron chi connectivity index (χ2n) is 3.73. The Labute approximate surface area is 83.4 Å². The summed E-state index contributed by atoms with van der Waals surface area (Å²) in [5.41, 5.74) is 8.35. The minimum Gasteiger partial charge on any atom is -0.392 e. The highest BCUT2D eigenvalue weighted by Gasteiger charge is 2.19. The minimum atomic E-state index is -0.168. The molecule has 1 aliphatic heterocycles. The van der Waals surface area contributed by atoms with Crippen molar-refractivity contribution >= 4 is 5.82 Å². The first-order valence-corrected chi connectivity index (χ1v) is 4.81. The van der Waals surface area contributed by atoms with Gasteiger partial charge in [-0.2, -0.15) is 0 Å². The van der Waals surface area contributed by atoms with Gasteiger partial charge >= 0.3 is 0 Å². The summed E-state index contributed by atoms with van der Waals surface area (Å²) in [5.74, 6) is 0.301. The smallest absolute Gasteiger partial charge is 0.144 e. The maximum Gasteiger partial charge on any atom is 0.144 e. The lowest BCUT2D eigenvalue weighted by atomic mass is 10.2. The highest BCUT2D eigenvalue weighted by molar-refractivity contribution is 5.25. The van der Waals surface area contributed by atoms with E-state index in [1.54, 1.807) is 12.3 Å². The van der Waals surface area contributed by atoms with Gasteiger partial charge in [0.25, 0.3) is 0 Å². The molecule has 1 aromatic heterocycles. The Bertz CT molecular complexity index is 299. The number of rotatable bonds is 2. The van der Waals surface area contributed by atoms with Gasteiger partial charge in [0, 0.05) is 25.8 Å². The quantitative estimate of drug-likeness (QED) is 0.745. The number of pyridine rings is 1. The molecule has 2 N–H and O–H groups in total. The number of aliphatic hydroxyl groups is 1. The molecule has 2 rings (SSSR count). The fourth-order valence-electron chi connectivity index (χ4n) is 1.73. The van der Waals surface area contributed by atoms with Gasteiger partial charge in [-0.25, -0.2) is 4.98 Å². The van der Waals surface area contributed by atoms with Gasteiger partial charge in [-0.1, -0.05) is 6.07 Å². The molecule has 1 aromatic rings. The predicted octanol–water partition coefficient (Wildman–Crippen LogP) is 0.563. The predicted molar refractivity (Wildman–Crippen MR) is 52.9 cm³/mol. The summed E-state index contributed by atoms with van der Waals surface area (Å²) >= 11 is 0. The van der Waals surface area contributed by atoms with Crippen LogP contribution in [0.4, 0.5) is 5.82 Å². The van der Waals surface area contributed by atoms with E-state index in [4.69, 9.17) is 5.73 Å². The summed E-state index contributed by atoms with van der Waals surface area (Å²) in [6.45, 7) is 2.52. The van der Waals surface area contributed by atoms with E-state index in [2.05, 4.69) is 9.88 Å². The van der Waals surface area contributed by atoms with Crippen LogP contribution in [0.15, 0.2) is 18.3 Å². The van der Waals surface area contributed by atoms with Crippen LogP contribution >= 0.6 is 0 Å². The lowest BCUT2D eigenvalue weighted by Crippen LogP contribution is -2.21. The minimum absolute atomic E-state index is 0.168. The van der Waals surface area contributed by atoms with Crippen molar-refractivity contribution in [2.75, 3.05) is 13.1 Å². The van der Waals surface area contributed by atoms with Crippen molar-refractivity contribution in [3.05, 3.63) is 23.9 Å². The Morgan fingerprint density at radius 1 is 1.57 bits per heavy atom. The van der Waals surface area contributed by atoms with Gasteiger partial charge in [0.15, 0.2) is 0 Å². The number of likely N-dealkylation sites (tertiary alicyclic amines) is 1. The van der Waals surface area contributed by atoms with Gasteiger partial charge < -0.3 is 5.11 Å². The molecule has 1 radical (unpaired) electrons. The third-order valence-electron chi connectivity index (χ3n) is 2.48. The summed E-state index contributed by atoms with van der Waals surface area (Å²) < 4.78 is 0. The lowest BCUT2D eigenvalue weighted by Gasteiger charge is -2.14. The Balaban J connectivity index is 1.94. The fourth-order valence-corrected chi connectivity index (χ4v) is 1.73. The second-order valence-corrected chi connectivity index (χ2v) is 3.73. The molecule has 1 saturated heterocycles. The normalized spacial score (nSPS) is 22.8. The molecular weight excluding hydrogens is 178 g/mol. The maximum absolute atomic E-state index is 9.33. The molecule has 0 amide bonds. The molecule has 0 bridgehead atoms. The molecule has 1 fully saturated rings. The van der Waals surface area contributed by atoms with Crippen LogP contribution in [-0.4, -0.2) is 34.2 Å². The van der Waals surface area contributed by atoms with E-state index < -0.39 is 0 Å². The Hall–Kier alpha value is -1.13. The Kier molecular flexibility index (Phi) is 2.65. The van der Waals surface area contributed by atoms with Crippen molar-refractivity contribution in [2.45, 2.75) is 19.1 Å². The first kappa shape index (κ1) is 9.43. The van der Waals surface area contributed by atoms with Crippen molar-refractivity contribution < 1.29 is 5.11 Å². The van der Waals surface area contributed by atoms with Gasteiger partial charge in [0.1, 0.15) is 5.82 Å². The van der Waals surface area contributed by atoms with Gasteiger partial charge in [0.2, 0.25) is 0 Å². The third-order valence-corrected chi connectivity index (χ3v) is 2.48. The third kappa shape index (κ3) is 2.21. The van der Waals surface area contributed by atoms with Crippen molar-refractivity contribution in [3.63, 3.8) is 0 Å². The maximum atomic E-state index is 9.33. The van der Waals surface area contributed by atoms with Crippen molar-refractivity contribution in [3.8, 4) is 0 Å². The van der Waals surface area contributed by atoms with E-state index in [0.717, 1.165) is 31.6 Å². The van der Waals surface area contributed by atoms with E-state index in [9.17, 15) is 5.11 Å². The van der Waals surface area contributed by atoms with Crippen LogP contribution in [0.25, 0.3) is 0 Å². The zero-order valence-electron chi connectivity index (χ0n) is 7.98. The van der Waals surface area contributed by atoms with Crippen LogP contribution in [0, 0.1) is 0 Å². The van der Waals surface area contributed by atoms with E-state index in [-0.39, 0.29) is 6.10 Å². The number of β-amino-alcohol motifs (C(OH)–C–C–N with tert-alkyl or cyclic N) is 1. The lowest BCUT2D eigenvalue weighted by molar-refractivity contribution is 0.175. The van der Waals surface area contributed by atoms with Crippen LogP contribution < -0.4 is 5.73 Å². The second kappa shape index (κ2) is 3.94. The van der Waals surface area contributed by atoms with Crippen LogP contribution in [0.5, 0.6) is 0 Å². The molecule has 0 spiro atoms. The molecule has 4 heteroatoms. The van der Waals surface area contributed by atoms with Crippen LogP contribution in [0.2, 0.25) is 0 Å². The molecule has 4 nitrogen and oxygen atoms in total. The fraction of sp³-hybridized carbons (Fsp3) is 0.500. The van der Waals surface area contributed by atoms with Crippen LogP contribution in [0.3, 0.4) is 0 Å². The van der Waals surface area contributed by atoms with Gasteiger partial charge in [-0.3, -0.25) is 10.6 Å². The zero-order chi connectivity index (χ0) is 9.97. The van der Waals surface area contributed by atoms with Crippen molar-refractivity contribution in [1.29, 1.82) is 0 Å². The number of hydrogen-bond acceptors (Lipinski definition) is 3. The number of nitrogens with one attached hydrogen (secondary N) is 1. The number of aliphatic hydroxyl groups excluding tert-OH is 1. The van der Waals surface area contributed by atoms with E-state index >= 15 is 0 Å². The monoisotopic (exact) mass is 192 g/mol. The molecule has 1 aliphatic rings. The molecule has 14 heavy (non-hydrogen) atoms. The highest BCUT2D eigenvalue weighted by Crippen LogP contribution is 2.13. The number of aromatic nitrogens is 1. The average Bonchev–Trinajstić information content (AvgIpc) is 2.56. The van der Waals surface area contributed by atoms with Crippen molar-refractivity contribution in [2.24, 2.45) is 0 Å². The Morgan fingerprint density at radius 3 is 3.00 bits per heavy atom. The molecule has 1 atom stereocenters. The molecule has 0 aromatic carbocycles. The largest absolute Gasteiger partial charge is 0.392 e. The molecule has 0 aliphatic carbocycles. The van der Waals surface area contributed by atoms with Gasteiger partial charge in [-0.05, 0) is 18.1 Å². The topological polar surface area (TPSA) is 60.2 Å². The van der Waals surface area contributed by atoms with E-state index in [1.807, 2.05) is 6.07 Å². The molecule has 75 valence electrons. The number of hydrogen-bond donors (Lipinski definition) is 1. The SMILES string of the molecule is [NH]c1ccc(CN2CCC(O)C2)cn1. The molecular formula is C10H14N3O. The zero-order valence-corrected chi connectivity index (χ0v) is 7.98. The summed E-state index contributed by atoms with van der Waals surface area (Å²) in [6.07, 6.45) is 2.43. The average molecular weight is 192 g/mol. The van der Waals surface area contributed by atoms with Crippen LogP contribution in [-0.2, 0) is 6.54 Å². The molecule has 1 unspecified atom stereocenters. The van der Waals surface area contributed by atoms with Gasteiger partial charge in [0.05, 0.1) is 6.10 Å². The van der Waals surface area contributed by atoms with Crippen LogP contribution in [0.1, 0.15) is 12.0 Å². The first-order valence-electron chi connectivity index (χ1n) is 4.81. The van der Waals surface area contributed by atoms with Gasteiger partial charge in [-0.15, -0.1) is 0 Å². The summed E-state index contributed by atoms with van der Waals surface area (Å²) in [6, 6.07) is 3.61. The van der Waals surface area contributed by atoms with Crippen molar-refractivity contribution in [1.82, 2.24) is 15.6 Å². The summed E-state index contributed by atoms with van der Waals surface area (Å²) in [4.78, 5) is 6.12. The van der Waals surface area contributed by atoms with E-state index in [1.165, 1.54) is 0 Å². The molecule has 0 saturated carbocycles. The standard InChI is InChI=1S/C10H14N3O/c11-10-2-1-8(5-12-10)6-13-4-3-9(14)7-13/h1-2,5,9,11,14H,3-4,6-7H2. The number of nitrogens with zero attached hydrogens (tertiary/aromatic N) is 2. The highest BCUT2D eigenvalue weighted by atomic mass is 16.3. The summed E-state index contributed by atoms with van der Waals surface area (Å²) in [5, 5.41) is 9.33. The van der Waals surface area contributed by atoms with E-state index in [0.29, 0.717) is 5.82 Å². The Morgan fingerprint density at radius 2 is 2.43 bits per heavy atom. The first-order chi connectivity index (χ1) is 6.74.